The van der Waals surface area contributed by atoms with Crippen molar-refractivity contribution in [3.63, 3.8) is 0 Å². The number of halogens is 4. The average molecular weight is 448 g/mol. The van der Waals surface area contributed by atoms with E-state index >= 15 is 0 Å². The van der Waals surface area contributed by atoms with Crippen LogP contribution in [0.15, 0.2) is 71.9 Å². The van der Waals surface area contributed by atoms with E-state index in [4.69, 9.17) is 23.2 Å². The molecule has 0 saturated carbocycles. The summed E-state index contributed by atoms with van der Waals surface area (Å²) >= 11 is 14.1. The van der Waals surface area contributed by atoms with Crippen molar-refractivity contribution in [2.75, 3.05) is 0 Å². The predicted octanol–water partition coefficient (Wildman–Crippen LogP) is 6.81. The van der Waals surface area contributed by atoms with Crippen LogP contribution in [-0.2, 0) is 5.75 Å². The van der Waals surface area contributed by atoms with Crippen LogP contribution >= 0.6 is 35.0 Å². The first-order valence-corrected chi connectivity index (χ1v) is 10.3. The van der Waals surface area contributed by atoms with Crippen molar-refractivity contribution in [3.05, 3.63) is 94.0 Å². The second kappa shape index (κ2) is 8.53. The van der Waals surface area contributed by atoms with Gasteiger partial charge in [0.05, 0.1) is 15.7 Å². The summed E-state index contributed by atoms with van der Waals surface area (Å²) in [5.74, 6) is -0.411. The SMILES string of the molecule is Fc1cc(F)cc(CSc2nnc(-c3ccccc3Cl)n2-c2ccccc2Cl)c1. The molecule has 146 valence electrons. The van der Waals surface area contributed by atoms with E-state index < -0.39 is 11.6 Å². The lowest BCUT2D eigenvalue weighted by atomic mass is 10.2. The first-order chi connectivity index (χ1) is 14.0. The molecule has 0 N–H and O–H groups in total. The second-order valence-corrected chi connectivity index (χ2v) is 7.90. The van der Waals surface area contributed by atoms with E-state index in [9.17, 15) is 8.78 Å². The zero-order valence-corrected chi connectivity index (χ0v) is 17.1. The van der Waals surface area contributed by atoms with Gasteiger partial charge in [0, 0.05) is 17.4 Å². The van der Waals surface area contributed by atoms with Crippen LogP contribution in [0.25, 0.3) is 17.1 Å². The summed E-state index contributed by atoms with van der Waals surface area (Å²) < 4.78 is 28.8. The normalized spacial score (nSPS) is 11.0. The van der Waals surface area contributed by atoms with Gasteiger partial charge in [-0.3, -0.25) is 4.57 Å². The number of aromatic nitrogens is 3. The molecule has 3 aromatic carbocycles. The first-order valence-electron chi connectivity index (χ1n) is 8.56. The highest BCUT2D eigenvalue weighted by molar-refractivity contribution is 7.98. The van der Waals surface area contributed by atoms with Gasteiger partial charge in [-0.1, -0.05) is 59.2 Å². The Morgan fingerprint density at radius 3 is 2.17 bits per heavy atom. The Morgan fingerprint density at radius 2 is 1.48 bits per heavy atom. The molecule has 1 heterocycles. The second-order valence-electron chi connectivity index (χ2n) is 6.14. The quantitative estimate of drug-likeness (QED) is 0.314. The molecular weight excluding hydrogens is 435 g/mol. The Hall–Kier alpha value is -2.41. The average Bonchev–Trinajstić information content (AvgIpc) is 3.10. The van der Waals surface area contributed by atoms with E-state index in [1.165, 1.54) is 23.9 Å². The zero-order valence-electron chi connectivity index (χ0n) is 14.8. The van der Waals surface area contributed by atoms with Gasteiger partial charge in [-0.05, 0) is 42.0 Å². The molecule has 0 aliphatic heterocycles. The van der Waals surface area contributed by atoms with Crippen LogP contribution in [0.1, 0.15) is 5.56 Å². The molecule has 8 heteroatoms. The highest BCUT2D eigenvalue weighted by atomic mass is 35.5. The Bertz CT molecular complexity index is 1160. The van der Waals surface area contributed by atoms with E-state index in [0.717, 1.165) is 6.07 Å². The van der Waals surface area contributed by atoms with Crippen LogP contribution in [0.2, 0.25) is 10.0 Å². The molecule has 0 saturated heterocycles. The molecule has 0 aliphatic carbocycles. The predicted molar refractivity (Wildman–Crippen MR) is 113 cm³/mol. The van der Waals surface area contributed by atoms with Crippen LogP contribution in [0.4, 0.5) is 8.78 Å². The molecule has 4 rings (SSSR count). The van der Waals surface area contributed by atoms with Crippen molar-refractivity contribution >= 4 is 35.0 Å². The highest BCUT2D eigenvalue weighted by Gasteiger charge is 2.19. The summed E-state index contributed by atoms with van der Waals surface area (Å²) in [5, 5.41) is 10.2. The largest absolute Gasteiger partial charge is 0.268 e. The highest BCUT2D eigenvalue weighted by Crippen LogP contribution is 2.35. The van der Waals surface area contributed by atoms with Crippen LogP contribution in [0.5, 0.6) is 0 Å². The lowest BCUT2D eigenvalue weighted by Crippen LogP contribution is -2.01. The smallest absolute Gasteiger partial charge is 0.196 e. The number of nitrogens with zero attached hydrogens (tertiary/aromatic N) is 3. The zero-order chi connectivity index (χ0) is 20.4. The molecule has 0 radical (unpaired) electrons. The monoisotopic (exact) mass is 447 g/mol. The number of para-hydroxylation sites is 1. The van der Waals surface area contributed by atoms with Crippen LogP contribution in [0.3, 0.4) is 0 Å². The topological polar surface area (TPSA) is 30.7 Å². The molecule has 4 aromatic rings. The van der Waals surface area contributed by atoms with E-state index in [2.05, 4.69) is 10.2 Å². The van der Waals surface area contributed by atoms with E-state index in [-0.39, 0.29) is 0 Å². The molecule has 0 spiro atoms. The number of hydrogen-bond donors (Lipinski definition) is 0. The van der Waals surface area contributed by atoms with E-state index in [1.807, 2.05) is 36.4 Å². The summed E-state index contributed by atoms with van der Waals surface area (Å²) in [4.78, 5) is 0. The molecular formula is C21H13Cl2F2N3S. The van der Waals surface area contributed by atoms with Crippen molar-refractivity contribution < 1.29 is 8.78 Å². The van der Waals surface area contributed by atoms with Gasteiger partial charge in [-0.2, -0.15) is 0 Å². The lowest BCUT2D eigenvalue weighted by Gasteiger charge is -2.12. The van der Waals surface area contributed by atoms with Gasteiger partial charge in [0.2, 0.25) is 0 Å². The summed E-state index contributed by atoms with van der Waals surface area (Å²) in [6, 6.07) is 18.0. The third-order valence-corrected chi connectivity index (χ3v) is 5.78. The molecule has 0 atom stereocenters. The maximum absolute atomic E-state index is 13.5. The Balaban J connectivity index is 1.78. The summed E-state index contributed by atoms with van der Waals surface area (Å²) in [6.07, 6.45) is 0. The maximum atomic E-state index is 13.5. The fourth-order valence-electron chi connectivity index (χ4n) is 2.87. The minimum Gasteiger partial charge on any atom is -0.268 e. The standard InChI is InChI=1S/C21H13Cl2F2N3S/c22-17-6-2-1-5-16(17)20-26-27-21(28(20)19-8-4-3-7-18(19)23)29-12-13-9-14(24)11-15(25)10-13/h1-11H,12H2. The fourth-order valence-corrected chi connectivity index (χ4v) is 4.19. The van der Waals surface area contributed by atoms with E-state index in [0.29, 0.717) is 43.6 Å². The van der Waals surface area contributed by atoms with Crippen molar-refractivity contribution in [2.45, 2.75) is 10.9 Å². The summed E-state index contributed by atoms with van der Waals surface area (Å²) in [6.45, 7) is 0. The Morgan fingerprint density at radius 1 is 0.828 bits per heavy atom. The van der Waals surface area contributed by atoms with E-state index in [1.54, 1.807) is 16.7 Å². The summed E-state index contributed by atoms with van der Waals surface area (Å²) in [5.41, 5.74) is 1.88. The first kappa shape index (κ1) is 19.9. The van der Waals surface area contributed by atoms with Crippen LogP contribution in [-0.4, -0.2) is 14.8 Å². The third-order valence-electron chi connectivity index (χ3n) is 4.13. The molecule has 0 fully saturated rings. The van der Waals surface area contributed by atoms with Crippen molar-refractivity contribution in [1.29, 1.82) is 0 Å². The lowest BCUT2D eigenvalue weighted by molar-refractivity contribution is 0.581. The minimum atomic E-state index is -0.620. The molecule has 1 aromatic heterocycles. The van der Waals surface area contributed by atoms with Gasteiger partial charge in [0.15, 0.2) is 11.0 Å². The van der Waals surface area contributed by atoms with Gasteiger partial charge in [-0.25, -0.2) is 8.78 Å². The number of benzene rings is 3. The third kappa shape index (κ3) is 4.29. The Kier molecular flexibility index (Phi) is 5.85. The number of hydrogen-bond acceptors (Lipinski definition) is 3. The van der Waals surface area contributed by atoms with Gasteiger partial charge in [0.25, 0.3) is 0 Å². The van der Waals surface area contributed by atoms with Gasteiger partial charge >= 0.3 is 0 Å². The van der Waals surface area contributed by atoms with Gasteiger partial charge in [0.1, 0.15) is 11.6 Å². The Labute approximate surface area is 180 Å². The molecule has 0 bridgehead atoms. The van der Waals surface area contributed by atoms with Gasteiger partial charge < -0.3 is 0 Å². The van der Waals surface area contributed by atoms with Gasteiger partial charge in [-0.15, -0.1) is 10.2 Å². The van der Waals surface area contributed by atoms with Crippen molar-refractivity contribution in [3.8, 4) is 17.1 Å². The van der Waals surface area contributed by atoms with Crippen molar-refractivity contribution in [2.24, 2.45) is 0 Å². The minimum absolute atomic E-state index is 0.305. The number of thioether (sulfide) groups is 1. The molecule has 0 amide bonds. The molecule has 0 aliphatic rings. The van der Waals surface area contributed by atoms with Crippen LogP contribution < -0.4 is 0 Å². The molecule has 3 nitrogen and oxygen atoms in total. The fraction of sp³-hybridized carbons (Fsp3) is 0.0476. The van der Waals surface area contributed by atoms with Crippen LogP contribution in [0, 0.1) is 11.6 Å². The maximum Gasteiger partial charge on any atom is 0.196 e. The molecule has 29 heavy (non-hydrogen) atoms. The molecule has 0 unspecified atom stereocenters. The van der Waals surface area contributed by atoms with Crippen molar-refractivity contribution in [1.82, 2.24) is 14.8 Å². The summed E-state index contributed by atoms with van der Waals surface area (Å²) in [7, 11) is 0. The number of rotatable bonds is 5.